The van der Waals surface area contributed by atoms with E-state index < -0.39 is 11.9 Å². The molecule has 0 fully saturated rings. The van der Waals surface area contributed by atoms with Crippen molar-refractivity contribution in [3.8, 4) is 0 Å². The van der Waals surface area contributed by atoms with Crippen LogP contribution in [0.3, 0.4) is 0 Å². The lowest BCUT2D eigenvalue weighted by molar-refractivity contribution is -0.123. The molecule has 1 unspecified atom stereocenters. The van der Waals surface area contributed by atoms with Crippen molar-refractivity contribution in [3.63, 3.8) is 0 Å². The van der Waals surface area contributed by atoms with Crippen LogP contribution in [0.4, 0.5) is 0 Å². The maximum Gasteiger partial charge on any atom is 0.287 e. The Bertz CT molecular complexity index is 393. The highest BCUT2D eigenvalue weighted by atomic mass is 35.5. The molecule has 0 radical (unpaired) electrons. The lowest BCUT2D eigenvalue weighted by atomic mass is 10.0. The maximum atomic E-state index is 11.8. The second-order valence-electron chi connectivity index (χ2n) is 4.25. The second-order valence-corrected chi connectivity index (χ2v) is 4.25. The topological polar surface area (TPSA) is 97.4 Å². The average molecular weight is 290 g/mol. The van der Waals surface area contributed by atoms with Crippen molar-refractivity contribution in [1.82, 2.24) is 10.6 Å². The standard InChI is InChI=1S/C12H19N3O3.ClH/c1-8(2)10(12(17)14-6-5-13)15-11(16)9-4-3-7-18-9;/h3-4,7-8,10H,5-6,13H2,1-2H3,(H,14,17)(H,15,16);1H. The van der Waals surface area contributed by atoms with Gasteiger partial charge in [0.05, 0.1) is 6.26 Å². The van der Waals surface area contributed by atoms with Gasteiger partial charge in [-0.25, -0.2) is 0 Å². The minimum Gasteiger partial charge on any atom is -0.459 e. The molecule has 1 atom stereocenters. The molecule has 1 aromatic rings. The Hall–Kier alpha value is -1.53. The normalized spacial score (nSPS) is 11.6. The number of carbonyl (C=O) groups excluding carboxylic acids is 2. The fraction of sp³-hybridized carbons (Fsp3) is 0.500. The van der Waals surface area contributed by atoms with Crippen molar-refractivity contribution in [2.24, 2.45) is 11.7 Å². The fourth-order valence-electron chi connectivity index (χ4n) is 1.46. The summed E-state index contributed by atoms with van der Waals surface area (Å²) >= 11 is 0. The van der Waals surface area contributed by atoms with Crippen LogP contribution < -0.4 is 16.4 Å². The van der Waals surface area contributed by atoms with Crippen molar-refractivity contribution in [2.45, 2.75) is 19.9 Å². The van der Waals surface area contributed by atoms with E-state index in [4.69, 9.17) is 10.2 Å². The smallest absolute Gasteiger partial charge is 0.287 e. The minimum absolute atomic E-state index is 0. The van der Waals surface area contributed by atoms with E-state index >= 15 is 0 Å². The summed E-state index contributed by atoms with van der Waals surface area (Å²) in [5.41, 5.74) is 5.31. The molecule has 0 bridgehead atoms. The second kappa shape index (κ2) is 8.55. The van der Waals surface area contributed by atoms with Gasteiger partial charge >= 0.3 is 0 Å². The fourth-order valence-corrected chi connectivity index (χ4v) is 1.46. The Morgan fingerprint density at radius 2 is 2.11 bits per heavy atom. The largest absolute Gasteiger partial charge is 0.459 e. The number of halogens is 1. The molecule has 0 spiro atoms. The summed E-state index contributed by atoms with van der Waals surface area (Å²) in [6, 6.07) is 2.56. The van der Waals surface area contributed by atoms with Gasteiger partial charge in [-0.05, 0) is 18.1 Å². The molecule has 1 aromatic heterocycles. The van der Waals surface area contributed by atoms with Gasteiger partial charge in [-0.2, -0.15) is 0 Å². The van der Waals surface area contributed by atoms with Gasteiger partial charge in [0.25, 0.3) is 5.91 Å². The molecule has 0 aliphatic rings. The molecule has 108 valence electrons. The van der Waals surface area contributed by atoms with E-state index in [1.165, 1.54) is 6.26 Å². The zero-order chi connectivity index (χ0) is 13.5. The highest BCUT2D eigenvalue weighted by molar-refractivity contribution is 5.95. The van der Waals surface area contributed by atoms with Crippen molar-refractivity contribution >= 4 is 24.2 Å². The molecule has 0 aliphatic heterocycles. The zero-order valence-corrected chi connectivity index (χ0v) is 11.8. The molecule has 2 amide bonds. The molecule has 0 aliphatic carbocycles. The van der Waals surface area contributed by atoms with Gasteiger partial charge < -0.3 is 20.8 Å². The summed E-state index contributed by atoms with van der Waals surface area (Å²) in [4.78, 5) is 23.6. The highest BCUT2D eigenvalue weighted by Crippen LogP contribution is 2.05. The van der Waals surface area contributed by atoms with Gasteiger partial charge in [0, 0.05) is 13.1 Å². The zero-order valence-electron chi connectivity index (χ0n) is 11.0. The number of amides is 2. The Morgan fingerprint density at radius 1 is 1.42 bits per heavy atom. The molecular formula is C12H20ClN3O3. The van der Waals surface area contributed by atoms with E-state index in [2.05, 4.69) is 10.6 Å². The number of hydrogen-bond donors (Lipinski definition) is 3. The average Bonchev–Trinajstić information content (AvgIpc) is 2.86. The van der Waals surface area contributed by atoms with Crippen LogP contribution in [0, 0.1) is 5.92 Å². The molecule has 1 heterocycles. The minimum atomic E-state index is -0.603. The van der Waals surface area contributed by atoms with Crippen molar-refractivity contribution in [3.05, 3.63) is 24.2 Å². The first-order valence-corrected chi connectivity index (χ1v) is 5.88. The highest BCUT2D eigenvalue weighted by Gasteiger charge is 2.24. The lowest BCUT2D eigenvalue weighted by Crippen LogP contribution is -2.50. The van der Waals surface area contributed by atoms with Gasteiger partial charge in [0.2, 0.25) is 5.91 Å². The van der Waals surface area contributed by atoms with Gasteiger partial charge in [-0.1, -0.05) is 13.8 Å². The van der Waals surface area contributed by atoms with Crippen LogP contribution in [0.1, 0.15) is 24.4 Å². The number of nitrogens with two attached hydrogens (primary N) is 1. The summed E-state index contributed by atoms with van der Waals surface area (Å²) in [6.45, 7) is 4.46. The van der Waals surface area contributed by atoms with Crippen LogP contribution >= 0.6 is 12.4 Å². The predicted octanol–water partition coefficient (Wildman–Crippen LogP) is 0.531. The molecule has 19 heavy (non-hydrogen) atoms. The van der Waals surface area contributed by atoms with Crippen LogP contribution in [0.15, 0.2) is 22.8 Å². The summed E-state index contributed by atoms with van der Waals surface area (Å²) < 4.78 is 4.97. The van der Waals surface area contributed by atoms with E-state index in [1.54, 1.807) is 12.1 Å². The third-order valence-electron chi connectivity index (χ3n) is 2.42. The first kappa shape index (κ1) is 17.5. The van der Waals surface area contributed by atoms with Gasteiger partial charge in [-0.3, -0.25) is 9.59 Å². The molecule has 4 N–H and O–H groups in total. The molecule has 1 rings (SSSR count). The summed E-state index contributed by atoms with van der Waals surface area (Å²) in [5.74, 6) is -0.481. The molecule has 0 saturated carbocycles. The SMILES string of the molecule is CC(C)C(NC(=O)c1ccco1)C(=O)NCCN.Cl. The van der Waals surface area contributed by atoms with Crippen LogP contribution in [0.2, 0.25) is 0 Å². The van der Waals surface area contributed by atoms with Gasteiger partial charge in [0.15, 0.2) is 5.76 Å². The monoisotopic (exact) mass is 289 g/mol. The van der Waals surface area contributed by atoms with Crippen molar-refractivity contribution in [1.29, 1.82) is 0 Å². The van der Waals surface area contributed by atoms with Crippen LogP contribution in [-0.2, 0) is 4.79 Å². The van der Waals surface area contributed by atoms with Gasteiger partial charge in [0.1, 0.15) is 6.04 Å². The Balaban J connectivity index is 0.00000324. The third kappa shape index (κ3) is 5.32. The lowest BCUT2D eigenvalue weighted by Gasteiger charge is -2.20. The van der Waals surface area contributed by atoms with E-state index in [0.29, 0.717) is 13.1 Å². The van der Waals surface area contributed by atoms with Crippen LogP contribution in [-0.4, -0.2) is 30.9 Å². The number of rotatable bonds is 6. The van der Waals surface area contributed by atoms with E-state index in [0.717, 1.165) is 0 Å². The third-order valence-corrected chi connectivity index (χ3v) is 2.42. The Labute approximate surface area is 118 Å². The summed E-state index contributed by atoms with van der Waals surface area (Å²) in [7, 11) is 0. The maximum absolute atomic E-state index is 11.8. The molecule has 7 heteroatoms. The van der Waals surface area contributed by atoms with E-state index in [9.17, 15) is 9.59 Å². The first-order valence-electron chi connectivity index (χ1n) is 5.88. The van der Waals surface area contributed by atoms with Crippen LogP contribution in [0.5, 0.6) is 0 Å². The number of hydrogen-bond acceptors (Lipinski definition) is 4. The summed E-state index contributed by atoms with van der Waals surface area (Å²) in [6.07, 6.45) is 1.41. The van der Waals surface area contributed by atoms with Crippen molar-refractivity contribution in [2.75, 3.05) is 13.1 Å². The molecule has 6 nitrogen and oxygen atoms in total. The van der Waals surface area contributed by atoms with Crippen LogP contribution in [0.25, 0.3) is 0 Å². The molecular weight excluding hydrogens is 270 g/mol. The number of nitrogens with one attached hydrogen (secondary N) is 2. The Morgan fingerprint density at radius 3 is 2.58 bits per heavy atom. The Kier molecular flexibility index (Phi) is 7.86. The predicted molar refractivity (Wildman–Crippen MR) is 74.1 cm³/mol. The number of furan rings is 1. The summed E-state index contributed by atoms with van der Waals surface area (Å²) in [5, 5.41) is 5.30. The van der Waals surface area contributed by atoms with Crippen molar-refractivity contribution < 1.29 is 14.0 Å². The number of carbonyl (C=O) groups is 2. The van der Waals surface area contributed by atoms with E-state index in [1.807, 2.05) is 13.8 Å². The van der Waals surface area contributed by atoms with Gasteiger partial charge in [-0.15, -0.1) is 12.4 Å². The molecule has 0 aromatic carbocycles. The van der Waals surface area contributed by atoms with E-state index in [-0.39, 0.29) is 30.0 Å². The molecule has 0 saturated heterocycles. The first-order chi connectivity index (χ1) is 8.56. The quantitative estimate of drug-likeness (QED) is 0.711.